The third-order valence-electron chi connectivity index (χ3n) is 5.04. The van der Waals surface area contributed by atoms with Crippen molar-refractivity contribution >= 4 is 33.5 Å². The second kappa shape index (κ2) is 8.39. The van der Waals surface area contributed by atoms with Gasteiger partial charge in [-0.15, -0.1) is 0 Å². The first kappa shape index (κ1) is 18.4. The third-order valence-corrected chi connectivity index (χ3v) is 5.88. The quantitative estimate of drug-likeness (QED) is 0.796. The van der Waals surface area contributed by atoms with Crippen LogP contribution in [-0.2, 0) is 4.74 Å². The number of anilines is 3. The molecule has 1 atom stereocenters. The van der Waals surface area contributed by atoms with E-state index in [1.54, 1.807) is 0 Å². The Bertz CT molecular complexity index is 783. The van der Waals surface area contributed by atoms with Crippen LogP contribution in [0, 0.1) is 6.92 Å². The zero-order valence-electron chi connectivity index (χ0n) is 15.6. The summed E-state index contributed by atoms with van der Waals surface area (Å²) in [7, 11) is 0. The predicted molar refractivity (Wildman–Crippen MR) is 111 cm³/mol. The van der Waals surface area contributed by atoms with Crippen LogP contribution in [0.5, 0.6) is 0 Å². The zero-order chi connectivity index (χ0) is 18.6. The number of morpholine rings is 1. The van der Waals surface area contributed by atoms with Crippen LogP contribution in [0.25, 0.3) is 0 Å². The van der Waals surface area contributed by atoms with E-state index in [9.17, 15) is 0 Å². The summed E-state index contributed by atoms with van der Waals surface area (Å²) in [6.45, 7) is 7.14. The van der Waals surface area contributed by atoms with E-state index in [-0.39, 0.29) is 0 Å². The second-order valence-corrected chi connectivity index (χ2v) is 7.86. The number of hydrogen-bond donors (Lipinski definition) is 1. The number of nitrogens with one attached hydrogen (secondary N) is 1. The SMILES string of the molecule is Cc1nc(N2CCCC(Nc3ccnc(N4CCOCC4)n3)C2)ccc1Br. The smallest absolute Gasteiger partial charge is 0.227 e. The lowest BCUT2D eigenvalue weighted by Crippen LogP contribution is -2.43. The fraction of sp³-hybridized carbons (Fsp3) is 0.526. The third kappa shape index (κ3) is 4.50. The Morgan fingerprint density at radius 1 is 1.11 bits per heavy atom. The molecular weight excluding hydrogens is 408 g/mol. The molecule has 4 rings (SSSR count). The normalized spacial score (nSPS) is 20.6. The number of aryl methyl sites for hydroxylation is 1. The Balaban J connectivity index is 1.42. The Morgan fingerprint density at radius 2 is 1.96 bits per heavy atom. The summed E-state index contributed by atoms with van der Waals surface area (Å²) in [4.78, 5) is 18.4. The number of ether oxygens (including phenoxy) is 1. The first-order chi connectivity index (χ1) is 13.2. The molecule has 144 valence electrons. The van der Waals surface area contributed by atoms with Gasteiger partial charge in [0.05, 0.1) is 18.9 Å². The van der Waals surface area contributed by atoms with Crippen molar-refractivity contribution in [2.45, 2.75) is 25.8 Å². The zero-order valence-corrected chi connectivity index (χ0v) is 17.2. The first-order valence-electron chi connectivity index (χ1n) is 9.49. The maximum Gasteiger partial charge on any atom is 0.227 e. The van der Waals surface area contributed by atoms with Gasteiger partial charge in [0.1, 0.15) is 11.6 Å². The number of piperidine rings is 1. The van der Waals surface area contributed by atoms with Crippen LogP contribution in [0.3, 0.4) is 0 Å². The molecule has 2 fully saturated rings. The van der Waals surface area contributed by atoms with Crippen molar-refractivity contribution < 1.29 is 4.74 Å². The van der Waals surface area contributed by atoms with E-state index in [0.29, 0.717) is 6.04 Å². The summed E-state index contributed by atoms with van der Waals surface area (Å²) >= 11 is 3.53. The molecule has 2 aromatic heterocycles. The van der Waals surface area contributed by atoms with Gasteiger partial charge >= 0.3 is 0 Å². The average Bonchev–Trinajstić information content (AvgIpc) is 2.71. The molecule has 2 aliphatic heterocycles. The van der Waals surface area contributed by atoms with Crippen molar-refractivity contribution in [3.8, 4) is 0 Å². The van der Waals surface area contributed by atoms with Gasteiger partial charge in [0.2, 0.25) is 5.95 Å². The van der Waals surface area contributed by atoms with E-state index in [2.05, 4.69) is 48.2 Å². The summed E-state index contributed by atoms with van der Waals surface area (Å²) in [5.41, 5.74) is 1.02. The maximum absolute atomic E-state index is 5.42. The van der Waals surface area contributed by atoms with Crippen molar-refractivity contribution in [3.05, 3.63) is 34.6 Å². The van der Waals surface area contributed by atoms with Crippen LogP contribution in [0.1, 0.15) is 18.5 Å². The highest BCUT2D eigenvalue weighted by atomic mass is 79.9. The topological polar surface area (TPSA) is 66.4 Å². The molecule has 8 heteroatoms. The van der Waals surface area contributed by atoms with Gasteiger partial charge in [-0.05, 0) is 53.9 Å². The Kier molecular flexibility index (Phi) is 5.73. The molecule has 2 aliphatic rings. The number of halogens is 1. The van der Waals surface area contributed by atoms with Crippen molar-refractivity contribution in [1.29, 1.82) is 0 Å². The van der Waals surface area contributed by atoms with Crippen LogP contribution in [0.15, 0.2) is 28.9 Å². The summed E-state index contributed by atoms with van der Waals surface area (Å²) < 4.78 is 6.47. The van der Waals surface area contributed by atoms with E-state index in [0.717, 1.165) is 80.0 Å². The molecular formula is C19H25BrN6O. The molecule has 1 N–H and O–H groups in total. The monoisotopic (exact) mass is 432 g/mol. The van der Waals surface area contributed by atoms with Gasteiger partial charge in [0.25, 0.3) is 0 Å². The number of rotatable bonds is 4. The molecule has 0 aliphatic carbocycles. The highest BCUT2D eigenvalue weighted by Crippen LogP contribution is 2.23. The molecule has 0 aromatic carbocycles. The average molecular weight is 433 g/mol. The molecule has 27 heavy (non-hydrogen) atoms. The predicted octanol–water partition coefficient (Wildman–Crippen LogP) is 2.86. The number of aromatic nitrogens is 3. The molecule has 0 amide bonds. The molecule has 2 aromatic rings. The largest absolute Gasteiger partial charge is 0.378 e. The summed E-state index contributed by atoms with van der Waals surface area (Å²) in [5.74, 6) is 2.71. The van der Waals surface area contributed by atoms with Gasteiger partial charge in [-0.2, -0.15) is 4.98 Å². The minimum absolute atomic E-state index is 0.344. The Labute approximate surface area is 168 Å². The fourth-order valence-electron chi connectivity index (χ4n) is 3.56. The lowest BCUT2D eigenvalue weighted by molar-refractivity contribution is 0.122. The van der Waals surface area contributed by atoms with Gasteiger partial charge in [0.15, 0.2) is 0 Å². The second-order valence-electron chi connectivity index (χ2n) is 7.01. The van der Waals surface area contributed by atoms with E-state index >= 15 is 0 Å². The minimum Gasteiger partial charge on any atom is -0.378 e. The molecule has 2 saturated heterocycles. The van der Waals surface area contributed by atoms with Gasteiger partial charge in [-0.3, -0.25) is 0 Å². The van der Waals surface area contributed by atoms with Crippen LogP contribution >= 0.6 is 15.9 Å². The maximum atomic E-state index is 5.42. The number of nitrogens with zero attached hydrogens (tertiary/aromatic N) is 5. The van der Waals surface area contributed by atoms with Crippen molar-refractivity contribution in [3.63, 3.8) is 0 Å². The lowest BCUT2D eigenvalue weighted by atomic mass is 10.1. The standard InChI is InChI=1S/C19H25BrN6O/c1-14-16(20)4-5-18(22-14)26-8-2-3-15(13-26)23-17-6-7-21-19(24-17)25-9-11-27-12-10-25/h4-7,15H,2-3,8-13H2,1H3,(H,21,23,24). The minimum atomic E-state index is 0.344. The van der Waals surface area contributed by atoms with Crippen LogP contribution < -0.4 is 15.1 Å². The molecule has 0 spiro atoms. The summed E-state index contributed by atoms with van der Waals surface area (Å²) in [5, 5.41) is 3.60. The summed E-state index contributed by atoms with van der Waals surface area (Å²) in [6, 6.07) is 6.45. The number of hydrogen-bond acceptors (Lipinski definition) is 7. The van der Waals surface area contributed by atoms with Gasteiger partial charge in [-0.25, -0.2) is 9.97 Å². The van der Waals surface area contributed by atoms with Crippen molar-refractivity contribution in [2.75, 3.05) is 54.5 Å². The van der Waals surface area contributed by atoms with Crippen molar-refractivity contribution in [2.24, 2.45) is 0 Å². The van der Waals surface area contributed by atoms with Crippen LogP contribution in [0.4, 0.5) is 17.6 Å². The lowest BCUT2D eigenvalue weighted by Gasteiger charge is -2.34. The molecule has 0 radical (unpaired) electrons. The van der Waals surface area contributed by atoms with E-state index in [1.165, 1.54) is 0 Å². The van der Waals surface area contributed by atoms with E-state index in [4.69, 9.17) is 14.7 Å². The summed E-state index contributed by atoms with van der Waals surface area (Å²) in [6.07, 6.45) is 4.10. The van der Waals surface area contributed by atoms with Crippen molar-refractivity contribution in [1.82, 2.24) is 15.0 Å². The number of pyridine rings is 1. The first-order valence-corrected chi connectivity index (χ1v) is 10.3. The highest BCUT2D eigenvalue weighted by molar-refractivity contribution is 9.10. The molecule has 0 bridgehead atoms. The van der Waals surface area contributed by atoms with Crippen LogP contribution in [-0.4, -0.2) is 60.4 Å². The van der Waals surface area contributed by atoms with Gasteiger partial charge < -0.3 is 19.9 Å². The van der Waals surface area contributed by atoms with Gasteiger partial charge in [-0.1, -0.05) is 0 Å². The molecule has 7 nitrogen and oxygen atoms in total. The molecule has 1 unspecified atom stereocenters. The van der Waals surface area contributed by atoms with Crippen LogP contribution in [0.2, 0.25) is 0 Å². The fourth-order valence-corrected chi connectivity index (χ4v) is 3.78. The highest BCUT2D eigenvalue weighted by Gasteiger charge is 2.22. The van der Waals surface area contributed by atoms with E-state index in [1.807, 2.05) is 19.2 Å². The van der Waals surface area contributed by atoms with E-state index < -0.39 is 0 Å². The molecule has 0 saturated carbocycles. The Morgan fingerprint density at radius 3 is 2.78 bits per heavy atom. The van der Waals surface area contributed by atoms with Gasteiger partial charge in [0, 0.05) is 42.9 Å². The molecule has 4 heterocycles. The Hall–Kier alpha value is -1.93.